The van der Waals surface area contributed by atoms with E-state index in [1.165, 1.54) is 26.2 Å². The van der Waals surface area contributed by atoms with Gasteiger partial charge in [-0.1, -0.05) is 11.8 Å². The molecular weight excluding hydrogens is 385 g/mol. The lowest BCUT2D eigenvalue weighted by molar-refractivity contribution is 0.0992. The number of halogens is 1. The Hall–Kier alpha value is -3.14. The molecule has 28 heavy (non-hydrogen) atoms. The van der Waals surface area contributed by atoms with Crippen LogP contribution in [0.2, 0.25) is 0 Å². The highest BCUT2D eigenvalue weighted by Gasteiger charge is 2.26. The number of rotatable bonds is 5. The number of aromatic amines is 1. The zero-order valence-corrected chi connectivity index (χ0v) is 16.2. The molecule has 0 aliphatic rings. The predicted octanol–water partition coefficient (Wildman–Crippen LogP) is 1.56. The SMILES string of the molecule is CC(Sc1ncc(-c2ccc(F)cc2)[nH]1)C(=O)c1c(N)n(C)c(=O)n(C)c1=O. The molecule has 0 fully saturated rings. The molecule has 0 saturated carbocycles. The quantitative estimate of drug-likeness (QED) is 0.493. The van der Waals surface area contributed by atoms with Crippen molar-refractivity contribution in [1.29, 1.82) is 0 Å². The molecule has 10 heteroatoms. The number of imidazole rings is 1. The Morgan fingerprint density at radius 2 is 1.86 bits per heavy atom. The minimum atomic E-state index is -0.732. The van der Waals surface area contributed by atoms with Gasteiger partial charge in [-0.3, -0.25) is 18.7 Å². The van der Waals surface area contributed by atoms with Crippen LogP contribution in [-0.4, -0.2) is 30.1 Å². The summed E-state index contributed by atoms with van der Waals surface area (Å²) in [5, 5.41) is -0.222. The Bertz CT molecular complexity index is 1160. The molecule has 0 bridgehead atoms. The van der Waals surface area contributed by atoms with Crippen molar-refractivity contribution in [3.05, 3.63) is 62.7 Å². The number of hydrogen-bond acceptors (Lipinski definition) is 6. The number of nitrogens with one attached hydrogen (secondary N) is 1. The van der Waals surface area contributed by atoms with E-state index in [2.05, 4.69) is 9.97 Å². The van der Waals surface area contributed by atoms with Crippen LogP contribution in [0.1, 0.15) is 17.3 Å². The first-order valence-corrected chi connectivity index (χ1v) is 9.16. The zero-order chi connectivity index (χ0) is 20.6. The minimum Gasteiger partial charge on any atom is -0.384 e. The van der Waals surface area contributed by atoms with Crippen LogP contribution in [-0.2, 0) is 14.1 Å². The topological polar surface area (TPSA) is 116 Å². The van der Waals surface area contributed by atoms with Gasteiger partial charge in [-0.25, -0.2) is 14.2 Å². The van der Waals surface area contributed by atoms with Crippen molar-refractivity contribution in [2.45, 2.75) is 17.3 Å². The number of Topliss-reactive ketones (excluding diaryl/α,β-unsaturated/α-hetero) is 1. The summed E-state index contributed by atoms with van der Waals surface area (Å²) in [6.07, 6.45) is 1.58. The first-order valence-electron chi connectivity index (χ1n) is 8.28. The highest BCUT2D eigenvalue weighted by Crippen LogP contribution is 2.26. The van der Waals surface area contributed by atoms with Crippen LogP contribution in [0.5, 0.6) is 0 Å². The van der Waals surface area contributed by atoms with Crippen LogP contribution in [0.15, 0.2) is 45.2 Å². The van der Waals surface area contributed by atoms with Crippen molar-refractivity contribution < 1.29 is 9.18 Å². The summed E-state index contributed by atoms with van der Waals surface area (Å²) in [4.78, 5) is 44.3. The van der Waals surface area contributed by atoms with Crippen molar-refractivity contribution >= 4 is 23.4 Å². The molecule has 0 saturated heterocycles. The average Bonchev–Trinajstić information content (AvgIpc) is 3.13. The number of carbonyl (C=O) groups excluding carboxylic acids is 1. The second kappa shape index (κ2) is 7.47. The molecule has 0 radical (unpaired) electrons. The van der Waals surface area contributed by atoms with Crippen LogP contribution in [0, 0.1) is 5.82 Å². The number of aromatic nitrogens is 4. The highest BCUT2D eigenvalue weighted by molar-refractivity contribution is 8.00. The van der Waals surface area contributed by atoms with Crippen LogP contribution in [0.25, 0.3) is 11.3 Å². The lowest BCUT2D eigenvalue weighted by atomic mass is 10.1. The number of hydrogen-bond donors (Lipinski definition) is 2. The zero-order valence-electron chi connectivity index (χ0n) is 15.4. The number of anilines is 1. The van der Waals surface area contributed by atoms with E-state index in [9.17, 15) is 18.8 Å². The fraction of sp³-hybridized carbons (Fsp3) is 0.222. The number of nitrogen functional groups attached to an aromatic ring is 1. The smallest absolute Gasteiger partial charge is 0.332 e. The van der Waals surface area contributed by atoms with E-state index in [0.717, 1.165) is 26.5 Å². The molecule has 0 amide bonds. The summed E-state index contributed by atoms with van der Waals surface area (Å²) in [7, 11) is 2.69. The van der Waals surface area contributed by atoms with Crippen molar-refractivity contribution in [3.8, 4) is 11.3 Å². The number of ketones is 1. The number of thioether (sulfide) groups is 1. The van der Waals surface area contributed by atoms with Gasteiger partial charge in [-0.15, -0.1) is 0 Å². The molecule has 0 spiro atoms. The normalized spacial score (nSPS) is 12.1. The van der Waals surface area contributed by atoms with Crippen molar-refractivity contribution in [2.24, 2.45) is 14.1 Å². The predicted molar refractivity (Wildman–Crippen MR) is 105 cm³/mol. The van der Waals surface area contributed by atoms with Gasteiger partial charge in [-0.2, -0.15) is 0 Å². The van der Waals surface area contributed by atoms with E-state index in [0.29, 0.717) is 10.9 Å². The monoisotopic (exact) mass is 403 g/mol. The van der Waals surface area contributed by atoms with Gasteiger partial charge in [0.1, 0.15) is 17.2 Å². The summed E-state index contributed by atoms with van der Waals surface area (Å²) >= 11 is 1.12. The third-order valence-corrected chi connectivity index (χ3v) is 5.32. The third kappa shape index (κ3) is 3.50. The third-order valence-electron chi connectivity index (χ3n) is 4.32. The lowest BCUT2D eigenvalue weighted by Crippen LogP contribution is -2.42. The first-order chi connectivity index (χ1) is 13.2. The molecule has 0 aliphatic heterocycles. The molecular formula is C18H18FN5O3S. The standard InChI is InChI=1S/C18H18FN5O3S/c1-9(14(25)13-15(20)23(2)18(27)24(3)16(13)26)28-17-21-8-12(22-17)10-4-6-11(19)7-5-10/h4-9H,20H2,1-3H3,(H,21,22). The van der Waals surface area contributed by atoms with Gasteiger partial charge in [0.25, 0.3) is 5.56 Å². The van der Waals surface area contributed by atoms with Crippen molar-refractivity contribution in [3.63, 3.8) is 0 Å². The van der Waals surface area contributed by atoms with Crippen molar-refractivity contribution in [1.82, 2.24) is 19.1 Å². The van der Waals surface area contributed by atoms with Gasteiger partial charge in [0.2, 0.25) is 0 Å². The van der Waals surface area contributed by atoms with Gasteiger partial charge in [0.15, 0.2) is 10.9 Å². The van der Waals surface area contributed by atoms with E-state index >= 15 is 0 Å². The molecule has 1 aromatic carbocycles. The van der Waals surface area contributed by atoms with E-state index < -0.39 is 22.3 Å². The van der Waals surface area contributed by atoms with Crippen LogP contribution >= 0.6 is 11.8 Å². The summed E-state index contributed by atoms with van der Waals surface area (Å²) in [6.45, 7) is 1.62. The second-order valence-electron chi connectivity index (χ2n) is 6.20. The maximum atomic E-state index is 13.1. The van der Waals surface area contributed by atoms with Crippen molar-refractivity contribution in [2.75, 3.05) is 5.73 Å². The molecule has 1 unspecified atom stereocenters. The summed E-state index contributed by atoms with van der Waals surface area (Å²) in [6, 6.07) is 5.91. The molecule has 3 rings (SSSR count). The fourth-order valence-electron chi connectivity index (χ4n) is 2.65. The molecule has 8 nitrogen and oxygen atoms in total. The molecule has 2 heterocycles. The van der Waals surface area contributed by atoms with Crippen LogP contribution in [0.4, 0.5) is 10.2 Å². The van der Waals surface area contributed by atoms with Crippen LogP contribution < -0.4 is 17.0 Å². The van der Waals surface area contributed by atoms with Gasteiger partial charge < -0.3 is 10.7 Å². The van der Waals surface area contributed by atoms with Gasteiger partial charge >= 0.3 is 5.69 Å². The van der Waals surface area contributed by atoms with E-state index in [-0.39, 0.29) is 17.2 Å². The fourth-order valence-corrected chi connectivity index (χ4v) is 3.50. The van der Waals surface area contributed by atoms with Gasteiger partial charge in [0, 0.05) is 14.1 Å². The van der Waals surface area contributed by atoms with Gasteiger partial charge in [-0.05, 0) is 36.8 Å². The Morgan fingerprint density at radius 1 is 1.21 bits per heavy atom. The molecule has 1 atom stereocenters. The molecule has 3 N–H and O–H groups in total. The number of nitrogens with two attached hydrogens (primary N) is 1. The summed E-state index contributed by atoms with van der Waals surface area (Å²) in [5.74, 6) is -1.01. The number of nitrogens with zero attached hydrogens (tertiary/aromatic N) is 3. The second-order valence-corrected chi connectivity index (χ2v) is 7.53. The Kier molecular flexibility index (Phi) is 5.23. The number of carbonyl (C=O) groups is 1. The Balaban J connectivity index is 1.86. The summed E-state index contributed by atoms with van der Waals surface area (Å²) < 4.78 is 15.0. The molecule has 3 aromatic rings. The van der Waals surface area contributed by atoms with E-state index in [1.54, 1.807) is 25.3 Å². The van der Waals surface area contributed by atoms with E-state index in [4.69, 9.17) is 5.73 Å². The Morgan fingerprint density at radius 3 is 2.50 bits per heavy atom. The van der Waals surface area contributed by atoms with E-state index in [1.807, 2.05) is 0 Å². The van der Waals surface area contributed by atoms with Crippen LogP contribution in [0.3, 0.4) is 0 Å². The lowest BCUT2D eigenvalue weighted by Gasteiger charge is -2.13. The van der Waals surface area contributed by atoms with Gasteiger partial charge in [0.05, 0.1) is 17.1 Å². The Labute approximate surface area is 163 Å². The largest absolute Gasteiger partial charge is 0.384 e. The first kappa shape index (κ1) is 19.6. The maximum Gasteiger partial charge on any atom is 0.332 e. The maximum absolute atomic E-state index is 13.1. The molecule has 2 aromatic heterocycles. The average molecular weight is 403 g/mol. The number of benzene rings is 1. The molecule has 146 valence electrons. The minimum absolute atomic E-state index is 0.169. The molecule has 0 aliphatic carbocycles. The number of H-pyrrole nitrogens is 1. The highest BCUT2D eigenvalue weighted by atomic mass is 32.2. The summed E-state index contributed by atoms with van der Waals surface area (Å²) in [5.41, 5.74) is 5.69.